The number of hydrogen-bond acceptors (Lipinski definition) is 4. The highest BCUT2D eigenvalue weighted by Gasteiger charge is 2.08. The summed E-state index contributed by atoms with van der Waals surface area (Å²) in [6.45, 7) is 4.33. The van der Waals surface area contributed by atoms with Gasteiger partial charge in [0.2, 0.25) is 0 Å². The summed E-state index contributed by atoms with van der Waals surface area (Å²) in [4.78, 5) is 4.21. The standard InChI is InChI=1S/C12H19ClN2OS/c1-9(2)15-11(8-16)5-6-17-12-4-3-10(13)7-14-12/h3-4,7,9,11,15-16H,5-6,8H2,1-2H3. The van der Waals surface area contributed by atoms with E-state index < -0.39 is 0 Å². The number of nitrogens with zero attached hydrogens (tertiary/aromatic N) is 1. The van der Waals surface area contributed by atoms with Gasteiger partial charge in [-0.05, 0) is 18.6 Å². The third-order valence-corrected chi connectivity index (χ3v) is 3.41. The Morgan fingerprint density at radius 2 is 2.24 bits per heavy atom. The van der Waals surface area contributed by atoms with Crippen molar-refractivity contribution in [3.8, 4) is 0 Å². The molecule has 0 saturated heterocycles. The van der Waals surface area contributed by atoms with Gasteiger partial charge in [-0.1, -0.05) is 25.4 Å². The molecule has 0 aliphatic heterocycles. The van der Waals surface area contributed by atoms with Crippen LogP contribution in [0.2, 0.25) is 5.02 Å². The topological polar surface area (TPSA) is 45.1 Å². The van der Waals surface area contributed by atoms with Crippen molar-refractivity contribution in [2.75, 3.05) is 12.4 Å². The van der Waals surface area contributed by atoms with Gasteiger partial charge in [0, 0.05) is 24.0 Å². The minimum absolute atomic E-state index is 0.162. The molecule has 0 spiro atoms. The monoisotopic (exact) mass is 274 g/mol. The van der Waals surface area contributed by atoms with Gasteiger partial charge in [-0.3, -0.25) is 0 Å². The van der Waals surface area contributed by atoms with E-state index in [4.69, 9.17) is 11.6 Å². The maximum Gasteiger partial charge on any atom is 0.0960 e. The maximum atomic E-state index is 9.20. The lowest BCUT2D eigenvalue weighted by Gasteiger charge is -2.18. The Kier molecular flexibility index (Phi) is 6.89. The van der Waals surface area contributed by atoms with E-state index in [1.165, 1.54) is 0 Å². The minimum atomic E-state index is 0.162. The Bertz CT molecular complexity index is 319. The Balaban J connectivity index is 2.28. The molecule has 1 rings (SSSR count). The molecule has 1 unspecified atom stereocenters. The molecule has 1 atom stereocenters. The maximum absolute atomic E-state index is 9.20. The number of aliphatic hydroxyl groups excluding tert-OH is 1. The van der Waals surface area contributed by atoms with Crippen LogP contribution in [0.4, 0.5) is 0 Å². The van der Waals surface area contributed by atoms with Crippen molar-refractivity contribution in [3.05, 3.63) is 23.4 Å². The summed E-state index contributed by atoms with van der Waals surface area (Å²) in [5, 5.41) is 14.1. The van der Waals surface area contributed by atoms with Crippen molar-refractivity contribution in [2.24, 2.45) is 0 Å². The summed E-state index contributed by atoms with van der Waals surface area (Å²) in [5.41, 5.74) is 0. The van der Waals surface area contributed by atoms with Gasteiger partial charge >= 0.3 is 0 Å². The first-order valence-electron chi connectivity index (χ1n) is 5.73. The number of aliphatic hydroxyl groups is 1. The van der Waals surface area contributed by atoms with Crippen LogP contribution in [0.3, 0.4) is 0 Å². The van der Waals surface area contributed by atoms with Gasteiger partial charge < -0.3 is 10.4 Å². The van der Waals surface area contributed by atoms with Crippen molar-refractivity contribution >= 4 is 23.4 Å². The van der Waals surface area contributed by atoms with Crippen LogP contribution in [0, 0.1) is 0 Å². The van der Waals surface area contributed by atoms with Gasteiger partial charge in [0.25, 0.3) is 0 Å². The lowest BCUT2D eigenvalue weighted by Crippen LogP contribution is -2.37. The molecule has 0 saturated carbocycles. The first-order chi connectivity index (χ1) is 8.11. The van der Waals surface area contributed by atoms with Crippen molar-refractivity contribution < 1.29 is 5.11 Å². The van der Waals surface area contributed by atoms with Crippen LogP contribution in [0.5, 0.6) is 0 Å². The van der Waals surface area contributed by atoms with E-state index in [0.29, 0.717) is 11.1 Å². The molecule has 0 aromatic carbocycles. The molecule has 0 aliphatic rings. The second-order valence-electron chi connectivity index (χ2n) is 4.15. The first-order valence-corrected chi connectivity index (χ1v) is 7.09. The van der Waals surface area contributed by atoms with Crippen LogP contribution in [0.1, 0.15) is 20.3 Å². The number of aromatic nitrogens is 1. The number of pyridine rings is 1. The first kappa shape index (κ1) is 14.8. The van der Waals surface area contributed by atoms with E-state index in [1.807, 2.05) is 12.1 Å². The highest BCUT2D eigenvalue weighted by atomic mass is 35.5. The molecule has 96 valence electrons. The average molecular weight is 275 g/mol. The zero-order chi connectivity index (χ0) is 12.7. The highest BCUT2D eigenvalue weighted by Crippen LogP contribution is 2.18. The quantitative estimate of drug-likeness (QED) is 0.750. The Morgan fingerprint density at radius 3 is 2.76 bits per heavy atom. The molecular weight excluding hydrogens is 256 g/mol. The molecule has 0 amide bonds. The van der Waals surface area contributed by atoms with E-state index >= 15 is 0 Å². The van der Waals surface area contributed by atoms with Crippen LogP contribution in [-0.4, -0.2) is 34.5 Å². The van der Waals surface area contributed by atoms with E-state index in [1.54, 1.807) is 18.0 Å². The number of thioether (sulfide) groups is 1. The predicted molar refractivity (Wildman–Crippen MR) is 73.7 cm³/mol. The number of halogens is 1. The minimum Gasteiger partial charge on any atom is -0.395 e. The van der Waals surface area contributed by atoms with Crippen LogP contribution in [-0.2, 0) is 0 Å². The molecule has 1 aromatic heterocycles. The molecule has 5 heteroatoms. The van der Waals surface area contributed by atoms with Gasteiger partial charge in [-0.25, -0.2) is 4.98 Å². The van der Waals surface area contributed by atoms with Crippen LogP contribution < -0.4 is 5.32 Å². The van der Waals surface area contributed by atoms with Crippen molar-refractivity contribution in [3.63, 3.8) is 0 Å². The van der Waals surface area contributed by atoms with Gasteiger partial charge in [-0.15, -0.1) is 11.8 Å². The summed E-state index contributed by atoms with van der Waals surface area (Å²) < 4.78 is 0. The third kappa shape index (κ3) is 6.27. The van der Waals surface area contributed by atoms with Crippen molar-refractivity contribution in [1.29, 1.82) is 0 Å². The van der Waals surface area contributed by atoms with Crippen LogP contribution >= 0.6 is 23.4 Å². The third-order valence-electron chi connectivity index (χ3n) is 2.21. The Labute approximate surface area is 112 Å². The fourth-order valence-electron chi connectivity index (χ4n) is 1.45. The van der Waals surface area contributed by atoms with Crippen molar-refractivity contribution in [2.45, 2.75) is 37.4 Å². The smallest absolute Gasteiger partial charge is 0.0960 e. The average Bonchev–Trinajstić information content (AvgIpc) is 2.30. The zero-order valence-electron chi connectivity index (χ0n) is 10.2. The summed E-state index contributed by atoms with van der Waals surface area (Å²) in [6, 6.07) is 4.31. The summed E-state index contributed by atoms with van der Waals surface area (Å²) in [7, 11) is 0. The van der Waals surface area contributed by atoms with E-state index in [-0.39, 0.29) is 12.6 Å². The number of nitrogens with one attached hydrogen (secondary N) is 1. The van der Waals surface area contributed by atoms with Gasteiger partial charge in [0.05, 0.1) is 16.7 Å². The molecule has 2 N–H and O–H groups in total. The fraction of sp³-hybridized carbons (Fsp3) is 0.583. The van der Waals surface area contributed by atoms with E-state index in [0.717, 1.165) is 17.2 Å². The Hall–Kier alpha value is -0.290. The predicted octanol–water partition coefficient (Wildman–Crippen LogP) is 2.58. The van der Waals surface area contributed by atoms with Crippen LogP contribution in [0.25, 0.3) is 0 Å². The SMILES string of the molecule is CC(C)NC(CO)CCSc1ccc(Cl)cn1. The molecule has 0 fully saturated rings. The van der Waals surface area contributed by atoms with Crippen molar-refractivity contribution in [1.82, 2.24) is 10.3 Å². The largest absolute Gasteiger partial charge is 0.395 e. The van der Waals surface area contributed by atoms with Gasteiger partial charge in [-0.2, -0.15) is 0 Å². The molecule has 1 aromatic rings. The number of rotatable bonds is 7. The van der Waals surface area contributed by atoms with Gasteiger partial charge in [0.15, 0.2) is 0 Å². The molecule has 1 heterocycles. The number of hydrogen-bond donors (Lipinski definition) is 2. The molecular formula is C12H19ClN2OS. The second-order valence-corrected chi connectivity index (χ2v) is 5.70. The Morgan fingerprint density at radius 1 is 1.47 bits per heavy atom. The molecule has 0 aliphatic carbocycles. The fourth-order valence-corrected chi connectivity index (χ4v) is 2.47. The molecule has 0 radical (unpaired) electrons. The highest BCUT2D eigenvalue weighted by molar-refractivity contribution is 7.99. The zero-order valence-corrected chi connectivity index (χ0v) is 11.8. The molecule has 0 bridgehead atoms. The van der Waals surface area contributed by atoms with E-state index in [2.05, 4.69) is 24.1 Å². The molecule has 3 nitrogen and oxygen atoms in total. The normalized spacial score (nSPS) is 13.0. The summed E-state index contributed by atoms with van der Waals surface area (Å²) in [6.07, 6.45) is 2.57. The van der Waals surface area contributed by atoms with E-state index in [9.17, 15) is 5.11 Å². The lowest BCUT2D eigenvalue weighted by molar-refractivity contribution is 0.232. The second kappa shape index (κ2) is 7.93. The molecule has 17 heavy (non-hydrogen) atoms. The lowest BCUT2D eigenvalue weighted by atomic mass is 10.2. The summed E-state index contributed by atoms with van der Waals surface area (Å²) >= 11 is 7.44. The van der Waals surface area contributed by atoms with Crippen LogP contribution in [0.15, 0.2) is 23.4 Å². The summed E-state index contributed by atoms with van der Waals surface area (Å²) in [5.74, 6) is 0.930. The van der Waals surface area contributed by atoms with Gasteiger partial charge in [0.1, 0.15) is 0 Å².